The fraction of sp³-hybridized carbons (Fsp3) is 0.667. The quantitative estimate of drug-likeness (QED) is 0.664. The number of nitrogens with one attached hydrogen (secondary N) is 1. The average molecular weight is 286 g/mol. The smallest absolute Gasteiger partial charge is 0.242 e. The number of aliphatic hydroxyl groups is 1. The van der Waals surface area contributed by atoms with Gasteiger partial charge in [0.1, 0.15) is 12.0 Å². The molecule has 7 heteroatoms. The number of anilines is 2. The third kappa shape index (κ3) is 5.12. The molecule has 4 N–H and O–H groups in total. The monoisotopic (exact) mass is 286 g/mol. The average Bonchev–Trinajstić information content (AvgIpc) is 2.36. The summed E-state index contributed by atoms with van der Waals surface area (Å²) in [4.78, 5) is 8.06. The Hall–Kier alpha value is -1.21. The predicted octanol–water partition coefficient (Wildman–Crippen LogP) is 1.37. The number of nitrogens with two attached hydrogens (primary N) is 1. The van der Waals surface area contributed by atoms with Crippen LogP contribution in [0.2, 0.25) is 0 Å². The van der Waals surface area contributed by atoms with Crippen LogP contribution < -0.4 is 15.8 Å². The molecular weight excluding hydrogens is 264 g/mol. The van der Waals surface area contributed by atoms with Crippen molar-refractivity contribution in [2.24, 2.45) is 0 Å². The van der Waals surface area contributed by atoms with Crippen LogP contribution in [0.3, 0.4) is 0 Å². The van der Waals surface area contributed by atoms with Gasteiger partial charge in [-0.3, -0.25) is 0 Å². The fourth-order valence-electron chi connectivity index (χ4n) is 1.47. The second kappa shape index (κ2) is 7.40. The van der Waals surface area contributed by atoms with E-state index in [2.05, 4.69) is 15.3 Å². The molecule has 0 bridgehead atoms. The molecule has 0 amide bonds. The molecule has 1 aromatic heterocycles. The molecule has 1 unspecified atom stereocenters. The molecule has 0 aromatic carbocycles. The highest BCUT2D eigenvalue weighted by Gasteiger charge is 2.20. The molecule has 0 aliphatic rings. The number of ether oxygens (including phenoxy) is 1. The standard InChI is InChI=1S/C12H22N4O2S/c1-4-5-18-11-9(13)10(15-8-16-11)14-6-12(2,17)7-19-3/h8,17H,4-7,13H2,1-3H3,(H,14,15,16). The van der Waals surface area contributed by atoms with Crippen LogP contribution in [-0.2, 0) is 0 Å². The lowest BCUT2D eigenvalue weighted by Crippen LogP contribution is -2.36. The first-order chi connectivity index (χ1) is 9.00. The molecule has 1 atom stereocenters. The van der Waals surface area contributed by atoms with Gasteiger partial charge in [-0.25, -0.2) is 4.98 Å². The summed E-state index contributed by atoms with van der Waals surface area (Å²) >= 11 is 1.58. The summed E-state index contributed by atoms with van der Waals surface area (Å²) in [7, 11) is 0. The number of nitrogens with zero attached hydrogens (tertiary/aromatic N) is 2. The first kappa shape index (κ1) is 15.8. The summed E-state index contributed by atoms with van der Waals surface area (Å²) in [5, 5.41) is 13.1. The Kier molecular flexibility index (Phi) is 6.17. The van der Waals surface area contributed by atoms with E-state index in [1.165, 1.54) is 6.33 Å². The lowest BCUT2D eigenvalue weighted by molar-refractivity contribution is 0.0996. The maximum absolute atomic E-state index is 10.1. The van der Waals surface area contributed by atoms with Crippen molar-refractivity contribution in [2.75, 3.05) is 36.2 Å². The van der Waals surface area contributed by atoms with Crippen molar-refractivity contribution in [1.82, 2.24) is 9.97 Å². The van der Waals surface area contributed by atoms with E-state index in [-0.39, 0.29) is 0 Å². The molecule has 19 heavy (non-hydrogen) atoms. The van der Waals surface area contributed by atoms with E-state index in [1.807, 2.05) is 13.2 Å². The van der Waals surface area contributed by atoms with Crippen LogP contribution in [0.15, 0.2) is 6.33 Å². The predicted molar refractivity (Wildman–Crippen MR) is 79.7 cm³/mol. The molecule has 0 saturated heterocycles. The number of thioether (sulfide) groups is 1. The van der Waals surface area contributed by atoms with Gasteiger partial charge in [-0.05, 0) is 19.6 Å². The van der Waals surface area contributed by atoms with Gasteiger partial charge in [0.25, 0.3) is 0 Å². The summed E-state index contributed by atoms with van der Waals surface area (Å²) in [5.74, 6) is 1.50. The first-order valence-electron chi connectivity index (χ1n) is 6.18. The molecule has 0 fully saturated rings. The van der Waals surface area contributed by atoms with Crippen molar-refractivity contribution in [3.63, 3.8) is 0 Å². The van der Waals surface area contributed by atoms with Crippen molar-refractivity contribution in [1.29, 1.82) is 0 Å². The zero-order chi connectivity index (χ0) is 14.3. The van der Waals surface area contributed by atoms with E-state index in [4.69, 9.17) is 10.5 Å². The first-order valence-corrected chi connectivity index (χ1v) is 7.58. The Labute approximate surface area is 118 Å². The molecule has 1 rings (SSSR count). The number of aromatic nitrogens is 2. The van der Waals surface area contributed by atoms with Crippen LogP contribution in [0.1, 0.15) is 20.3 Å². The zero-order valence-electron chi connectivity index (χ0n) is 11.6. The highest BCUT2D eigenvalue weighted by molar-refractivity contribution is 7.98. The largest absolute Gasteiger partial charge is 0.476 e. The van der Waals surface area contributed by atoms with Gasteiger partial charge in [0.05, 0.1) is 12.2 Å². The van der Waals surface area contributed by atoms with Gasteiger partial charge >= 0.3 is 0 Å². The third-order valence-corrected chi connectivity index (χ3v) is 3.29. The molecule has 0 aliphatic carbocycles. The molecular formula is C12H22N4O2S. The molecule has 6 nitrogen and oxygen atoms in total. The topological polar surface area (TPSA) is 93.3 Å². The summed E-state index contributed by atoms with van der Waals surface area (Å²) < 4.78 is 5.42. The van der Waals surface area contributed by atoms with Gasteiger partial charge in [0, 0.05) is 12.3 Å². The summed E-state index contributed by atoms with van der Waals surface area (Å²) in [6.45, 7) is 4.70. The highest BCUT2D eigenvalue weighted by Crippen LogP contribution is 2.25. The minimum absolute atomic E-state index is 0.363. The SMILES string of the molecule is CCCOc1ncnc(NCC(C)(O)CSC)c1N. The van der Waals surface area contributed by atoms with E-state index in [9.17, 15) is 5.11 Å². The van der Waals surface area contributed by atoms with Crippen molar-refractivity contribution < 1.29 is 9.84 Å². The Balaban J connectivity index is 2.68. The second-order valence-corrected chi connectivity index (χ2v) is 5.44. The van der Waals surface area contributed by atoms with Gasteiger partial charge < -0.3 is 20.9 Å². The van der Waals surface area contributed by atoms with E-state index in [0.717, 1.165) is 6.42 Å². The number of rotatable bonds is 8. The summed E-state index contributed by atoms with van der Waals surface area (Å²) in [6.07, 6.45) is 4.23. The van der Waals surface area contributed by atoms with Gasteiger partial charge in [0.2, 0.25) is 5.88 Å². The van der Waals surface area contributed by atoms with E-state index >= 15 is 0 Å². The molecule has 0 saturated carbocycles. The molecule has 0 aliphatic heterocycles. The van der Waals surface area contributed by atoms with E-state index in [1.54, 1.807) is 18.7 Å². The van der Waals surface area contributed by atoms with Gasteiger partial charge in [-0.2, -0.15) is 16.7 Å². The minimum atomic E-state index is -0.818. The van der Waals surface area contributed by atoms with Crippen LogP contribution in [0.4, 0.5) is 11.5 Å². The fourth-order valence-corrected chi connectivity index (χ4v) is 2.19. The maximum atomic E-state index is 10.1. The number of nitrogen functional groups attached to an aromatic ring is 1. The van der Waals surface area contributed by atoms with Crippen LogP contribution in [0.25, 0.3) is 0 Å². The van der Waals surface area contributed by atoms with Crippen molar-refractivity contribution >= 4 is 23.3 Å². The Bertz CT molecular complexity index is 401. The van der Waals surface area contributed by atoms with Crippen molar-refractivity contribution in [3.05, 3.63) is 6.33 Å². The molecule has 108 valence electrons. The number of hydrogen-bond donors (Lipinski definition) is 3. The molecule has 0 radical (unpaired) electrons. The summed E-state index contributed by atoms with van der Waals surface area (Å²) in [5.41, 5.74) is 5.48. The highest BCUT2D eigenvalue weighted by atomic mass is 32.2. The van der Waals surface area contributed by atoms with E-state index in [0.29, 0.717) is 36.3 Å². The van der Waals surface area contributed by atoms with Gasteiger partial charge in [-0.15, -0.1) is 0 Å². The molecule has 1 heterocycles. The molecule has 0 spiro atoms. The second-order valence-electron chi connectivity index (χ2n) is 4.57. The van der Waals surface area contributed by atoms with Crippen LogP contribution in [-0.4, -0.2) is 45.8 Å². The lowest BCUT2D eigenvalue weighted by Gasteiger charge is -2.23. The van der Waals surface area contributed by atoms with Gasteiger partial charge in [-0.1, -0.05) is 6.92 Å². The Morgan fingerprint density at radius 1 is 1.53 bits per heavy atom. The Morgan fingerprint density at radius 3 is 2.89 bits per heavy atom. The van der Waals surface area contributed by atoms with Crippen LogP contribution in [0, 0.1) is 0 Å². The number of hydrogen-bond acceptors (Lipinski definition) is 7. The minimum Gasteiger partial charge on any atom is -0.476 e. The third-order valence-electron chi connectivity index (χ3n) is 2.38. The normalized spacial score (nSPS) is 13.9. The van der Waals surface area contributed by atoms with Gasteiger partial charge in [0.15, 0.2) is 5.82 Å². The zero-order valence-corrected chi connectivity index (χ0v) is 12.5. The maximum Gasteiger partial charge on any atom is 0.242 e. The van der Waals surface area contributed by atoms with E-state index < -0.39 is 5.60 Å². The lowest BCUT2D eigenvalue weighted by atomic mass is 10.1. The van der Waals surface area contributed by atoms with Crippen LogP contribution in [0.5, 0.6) is 5.88 Å². The Morgan fingerprint density at radius 2 is 2.26 bits per heavy atom. The van der Waals surface area contributed by atoms with Crippen molar-refractivity contribution in [2.45, 2.75) is 25.9 Å². The van der Waals surface area contributed by atoms with Crippen LogP contribution >= 0.6 is 11.8 Å². The summed E-state index contributed by atoms with van der Waals surface area (Å²) in [6, 6.07) is 0. The molecule has 1 aromatic rings. The van der Waals surface area contributed by atoms with Crippen molar-refractivity contribution in [3.8, 4) is 5.88 Å².